The molecule has 0 saturated carbocycles. The van der Waals surface area contributed by atoms with Crippen LogP contribution in [0.5, 0.6) is 0 Å². The monoisotopic (exact) mass is 374 g/mol. The smallest absolute Gasteiger partial charge is 0.240 e. The lowest BCUT2D eigenvalue weighted by molar-refractivity contribution is -0.119. The summed E-state index contributed by atoms with van der Waals surface area (Å²) in [5, 5.41) is 3.37. The molecule has 1 atom stereocenters. The molecule has 136 valence electrons. The van der Waals surface area contributed by atoms with Crippen LogP contribution in [0.15, 0.2) is 24.3 Å². The molecule has 0 aliphatic heterocycles. The summed E-state index contributed by atoms with van der Waals surface area (Å²) in [5.41, 5.74) is 0.426. The highest BCUT2D eigenvalue weighted by Gasteiger charge is 2.21. The summed E-state index contributed by atoms with van der Waals surface area (Å²) in [5.74, 6) is 0.126. The number of unbranched alkanes of at least 4 members (excludes halogenated alkanes) is 1. The van der Waals surface area contributed by atoms with Crippen molar-refractivity contribution in [2.75, 3.05) is 23.7 Å². The number of carbonyl (C=O) groups is 1. The van der Waals surface area contributed by atoms with Crippen LogP contribution in [0.3, 0.4) is 0 Å². The fourth-order valence-electron chi connectivity index (χ4n) is 2.40. The second kappa shape index (κ2) is 9.89. The average Bonchev–Trinajstić information content (AvgIpc) is 2.53. The molecular formula is C17H27ClN2O3S. The van der Waals surface area contributed by atoms with E-state index >= 15 is 0 Å². The first-order chi connectivity index (χ1) is 11.3. The largest absolute Gasteiger partial charge is 0.354 e. The summed E-state index contributed by atoms with van der Waals surface area (Å²) in [4.78, 5) is 12.2. The van der Waals surface area contributed by atoms with E-state index in [1.807, 2.05) is 0 Å². The second-order valence-corrected chi connectivity index (χ2v) is 8.31. The van der Waals surface area contributed by atoms with Crippen LogP contribution < -0.4 is 9.62 Å². The number of nitrogens with zero attached hydrogens (tertiary/aromatic N) is 1. The van der Waals surface area contributed by atoms with Crippen molar-refractivity contribution < 1.29 is 13.2 Å². The molecule has 1 aromatic carbocycles. The topological polar surface area (TPSA) is 66.5 Å². The molecule has 1 aromatic rings. The fourth-order valence-corrected chi connectivity index (χ4v) is 3.38. The van der Waals surface area contributed by atoms with Gasteiger partial charge in [0.25, 0.3) is 0 Å². The predicted octanol–water partition coefficient (Wildman–Crippen LogP) is 3.44. The highest BCUT2D eigenvalue weighted by atomic mass is 35.5. The van der Waals surface area contributed by atoms with E-state index in [-0.39, 0.29) is 12.5 Å². The number of carbonyl (C=O) groups excluding carboxylic acids is 1. The number of rotatable bonds is 10. The number of halogens is 1. The van der Waals surface area contributed by atoms with E-state index in [1.54, 1.807) is 24.3 Å². The minimum absolute atomic E-state index is 0.231. The predicted molar refractivity (Wildman–Crippen MR) is 100.0 cm³/mol. The average molecular weight is 375 g/mol. The van der Waals surface area contributed by atoms with Crippen LogP contribution in [0.2, 0.25) is 5.02 Å². The maximum absolute atomic E-state index is 12.2. The van der Waals surface area contributed by atoms with Gasteiger partial charge < -0.3 is 5.32 Å². The van der Waals surface area contributed by atoms with Crippen molar-refractivity contribution in [2.45, 2.75) is 39.5 Å². The van der Waals surface area contributed by atoms with E-state index in [0.717, 1.165) is 36.2 Å². The van der Waals surface area contributed by atoms with Crippen LogP contribution in [0.1, 0.15) is 39.5 Å². The van der Waals surface area contributed by atoms with Gasteiger partial charge in [0.2, 0.25) is 15.9 Å². The van der Waals surface area contributed by atoms with Crippen molar-refractivity contribution in [3.8, 4) is 0 Å². The summed E-state index contributed by atoms with van der Waals surface area (Å²) < 4.78 is 25.1. The van der Waals surface area contributed by atoms with Gasteiger partial charge in [-0.05, 0) is 36.6 Å². The molecule has 0 bridgehead atoms. The SMILES string of the molecule is CCCCC(CC)CNC(=O)CN(c1ccc(Cl)cc1)S(C)(=O)=O. The highest BCUT2D eigenvalue weighted by molar-refractivity contribution is 7.92. The first-order valence-corrected chi connectivity index (χ1v) is 10.5. The number of anilines is 1. The molecule has 0 spiro atoms. The van der Waals surface area contributed by atoms with Crippen LogP contribution >= 0.6 is 11.6 Å². The normalized spacial score (nSPS) is 12.7. The quantitative estimate of drug-likeness (QED) is 0.682. The Kier molecular flexibility index (Phi) is 8.56. The van der Waals surface area contributed by atoms with Gasteiger partial charge in [-0.3, -0.25) is 9.10 Å². The van der Waals surface area contributed by atoms with Gasteiger partial charge in [-0.25, -0.2) is 8.42 Å². The molecule has 0 saturated heterocycles. The van der Waals surface area contributed by atoms with Crippen molar-refractivity contribution in [3.05, 3.63) is 29.3 Å². The molecule has 1 N–H and O–H groups in total. The van der Waals surface area contributed by atoms with Gasteiger partial charge >= 0.3 is 0 Å². The first kappa shape index (κ1) is 20.8. The zero-order chi connectivity index (χ0) is 18.2. The van der Waals surface area contributed by atoms with Gasteiger partial charge in [0.1, 0.15) is 6.54 Å². The van der Waals surface area contributed by atoms with Gasteiger partial charge in [0.05, 0.1) is 11.9 Å². The second-order valence-electron chi connectivity index (χ2n) is 5.97. The van der Waals surface area contributed by atoms with Crippen molar-refractivity contribution >= 4 is 33.2 Å². The number of sulfonamides is 1. The van der Waals surface area contributed by atoms with E-state index < -0.39 is 10.0 Å². The number of hydrogen-bond acceptors (Lipinski definition) is 3. The van der Waals surface area contributed by atoms with E-state index in [1.165, 1.54) is 0 Å². The molecule has 24 heavy (non-hydrogen) atoms. The summed E-state index contributed by atoms with van der Waals surface area (Å²) >= 11 is 5.83. The van der Waals surface area contributed by atoms with Gasteiger partial charge in [0, 0.05) is 11.6 Å². The highest BCUT2D eigenvalue weighted by Crippen LogP contribution is 2.20. The van der Waals surface area contributed by atoms with E-state index in [4.69, 9.17) is 11.6 Å². The maximum Gasteiger partial charge on any atom is 0.240 e. The molecule has 0 fully saturated rings. The molecule has 7 heteroatoms. The molecule has 0 radical (unpaired) electrons. The number of nitrogens with one attached hydrogen (secondary N) is 1. The summed E-state index contributed by atoms with van der Waals surface area (Å²) in [7, 11) is -3.55. The molecule has 0 aromatic heterocycles. The number of hydrogen-bond donors (Lipinski definition) is 1. The Morgan fingerprint density at radius 1 is 1.25 bits per heavy atom. The Morgan fingerprint density at radius 3 is 2.38 bits per heavy atom. The Morgan fingerprint density at radius 2 is 1.88 bits per heavy atom. The van der Waals surface area contributed by atoms with Crippen LogP contribution in [0.25, 0.3) is 0 Å². The van der Waals surface area contributed by atoms with Gasteiger partial charge in [-0.15, -0.1) is 0 Å². The zero-order valence-electron chi connectivity index (χ0n) is 14.6. The lowest BCUT2D eigenvalue weighted by atomic mass is 9.99. The Balaban J connectivity index is 2.70. The third kappa shape index (κ3) is 7.09. The molecule has 0 aliphatic rings. The Hall–Kier alpha value is -1.27. The first-order valence-electron chi connectivity index (χ1n) is 8.27. The summed E-state index contributed by atoms with van der Waals surface area (Å²) in [6.45, 7) is 4.59. The minimum Gasteiger partial charge on any atom is -0.354 e. The van der Waals surface area contributed by atoms with Crippen LogP contribution in [-0.2, 0) is 14.8 Å². The molecule has 5 nitrogen and oxygen atoms in total. The van der Waals surface area contributed by atoms with Crippen molar-refractivity contribution in [1.82, 2.24) is 5.32 Å². The summed E-state index contributed by atoms with van der Waals surface area (Å²) in [6, 6.07) is 6.38. The third-order valence-electron chi connectivity index (χ3n) is 3.93. The third-order valence-corrected chi connectivity index (χ3v) is 5.33. The van der Waals surface area contributed by atoms with Gasteiger partial charge in [-0.2, -0.15) is 0 Å². The van der Waals surface area contributed by atoms with E-state index in [2.05, 4.69) is 19.2 Å². The lowest BCUT2D eigenvalue weighted by Gasteiger charge is -2.23. The van der Waals surface area contributed by atoms with Crippen LogP contribution in [0.4, 0.5) is 5.69 Å². The van der Waals surface area contributed by atoms with E-state index in [9.17, 15) is 13.2 Å². The van der Waals surface area contributed by atoms with Gasteiger partial charge in [0.15, 0.2) is 0 Å². The standard InChI is InChI=1S/C17H27ClN2O3S/c1-4-6-7-14(5-2)12-19-17(21)13-20(24(3,22)23)16-10-8-15(18)9-11-16/h8-11,14H,4-7,12-13H2,1-3H3,(H,19,21). The zero-order valence-corrected chi connectivity index (χ0v) is 16.2. The fraction of sp³-hybridized carbons (Fsp3) is 0.588. The molecule has 1 amide bonds. The van der Waals surface area contributed by atoms with Crippen molar-refractivity contribution in [1.29, 1.82) is 0 Å². The molecular weight excluding hydrogens is 348 g/mol. The maximum atomic E-state index is 12.2. The molecule has 0 aliphatic carbocycles. The minimum atomic E-state index is -3.55. The van der Waals surface area contributed by atoms with Crippen molar-refractivity contribution in [2.24, 2.45) is 5.92 Å². The molecule has 1 rings (SSSR count). The molecule has 0 heterocycles. The number of amides is 1. The van der Waals surface area contributed by atoms with E-state index in [0.29, 0.717) is 23.2 Å². The van der Waals surface area contributed by atoms with Crippen molar-refractivity contribution in [3.63, 3.8) is 0 Å². The Labute approximate surface area is 150 Å². The van der Waals surface area contributed by atoms with Crippen LogP contribution in [-0.4, -0.2) is 33.7 Å². The van der Waals surface area contributed by atoms with Crippen LogP contribution in [0, 0.1) is 5.92 Å². The molecule has 1 unspecified atom stereocenters. The Bertz CT molecular complexity index is 617. The number of benzene rings is 1. The van der Waals surface area contributed by atoms with Gasteiger partial charge in [-0.1, -0.05) is 44.7 Å². The summed E-state index contributed by atoms with van der Waals surface area (Å²) in [6.07, 6.45) is 5.41. The lowest BCUT2D eigenvalue weighted by Crippen LogP contribution is -2.41.